The van der Waals surface area contributed by atoms with Crippen LogP contribution in [0.3, 0.4) is 0 Å². The molecule has 3 fully saturated rings. The zero-order chi connectivity index (χ0) is 26.6. The van der Waals surface area contributed by atoms with Gasteiger partial charge in [0.05, 0.1) is 18.8 Å². The number of ether oxygens (including phenoxy) is 4. The predicted octanol–water partition coefficient (Wildman–Crippen LogP) is -5.73. The number of nitrogens with two attached hydrogens (primary N) is 4. The molecule has 210 valence electrons. The van der Waals surface area contributed by atoms with E-state index in [4.69, 9.17) is 41.9 Å². The second-order valence-electron chi connectivity index (χ2n) is 9.68. The molecule has 3 aliphatic rings. The largest absolute Gasteiger partial charge is 0.394 e. The summed E-state index contributed by atoms with van der Waals surface area (Å²) in [6.07, 6.45) is -9.88. The fourth-order valence-corrected chi connectivity index (χ4v) is 4.87. The van der Waals surface area contributed by atoms with Gasteiger partial charge < -0.3 is 72.7 Å². The fraction of sp³-hybridized carbons (Fsp3) is 0.952. The Balaban J connectivity index is 1.60. The van der Waals surface area contributed by atoms with Gasteiger partial charge in [0.1, 0.15) is 42.7 Å². The van der Waals surface area contributed by atoms with Gasteiger partial charge in [0.15, 0.2) is 12.6 Å². The molecular formula is C21H41N5O10. The highest BCUT2D eigenvalue weighted by molar-refractivity contribution is 5.80. The van der Waals surface area contributed by atoms with Crippen LogP contribution in [0.1, 0.15) is 25.7 Å². The third kappa shape index (κ3) is 6.87. The van der Waals surface area contributed by atoms with Gasteiger partial charge >= 0.3 is 0 Å². The van der Waals surface area contributed by atoms with Crippen LogP contribution in [0.4, 0.5) is 0 Å². The monoisotopic (exact) mass is 523 g/mol. The molecule has 0 spiro atoms. The molecule has 2 aliphatic heterocycles. The number of amides is 1. The molecule has 1 amide bonds. The first-order valence-electron chi connectivity index (χ1n) is 12.3. The van der Waals surface area contributed by atoms with Gasteiger partial charge in [-0.2, -0.15) is 0 Å². The zero-order valence-electron chi connectivity index (χ0n) is 20.0. The van der Waals surface area contributed by atoms with Crippen LogP contribution in [0.15, 0.2) is 0 Å². The second-order valence-corrected chi connectivity index (χ2v) is 9.68. The van der Waals surface area contributed by atoms with Gasteiger partial charge in [0.2, 0.25) is 5.91 Å². The van der Waals surface area contributed by atoms with Crippen LogP contribution in [-0.2, 0) is 23.7 Å². The molecular weight excluding hydrogens is 482 g/mol. The van der Waals surface area contributed by atoms with Gasteiger partial charge in [-0.25, -0.2) is 0 Å². The van der Waals surface area contributed by atoms with Gasteiger partial charge in [0, 0.05) is 18.6 Å². The summed E-state index contributed by atoms with van der Waals surface area (Å²) in [6.45, 7) is -0.455. The van der Waals surface area contributed by atoms with Crippen LogP contribution in [0.25, 0.3) is 0 Å². The van der Waals surface area contributed by atoms with Crippen molar-refractivity contribution in [2.24, 2.45) is 22.9 Å². The molecule has 3 rings (SSSR count). The minimum atomic E-state index is -1.38. The van der Waals surface area contributed by atoms with Crippen molar-refractivity contribution in [3.63, 3.8) is 0 Å². The Morgan fingerprint density at radius 1 is 0.972 bits per heavy atom. The number of rotatable bonds is 10. The van der Waals surface area contributed by atoms with Crippen molar-refractivity contribution >= 4 is 5.91 Å². The van der Waals surface area contributed by atoms with E-state index in [9.17, 15) is 30.3 Å². The maximum Gasteiger partial charge on any atom is 0.249 e. The Labute approximate surface area is 209 Å². The van der Waals surface area contributed by atoms with Crippen molar-refractivity contribution in [1.82, 2.24) is 5.32 Å². The summed E-state index contributed by atoms with van der Waals surface area (Å²) in [5.74, 6) is -0.545. The van der Waals surface area contributed by atoms with Crippen molar-refractivity contribution in [3.05, 3.63) is 0 Å². The number of carbonyl (C=O) groups is 1. The van der Waals surface area contributed by atoms with E-state index in [-0.39, 0.29) is 31.6 Å². The van der Waals surface area contributed by atoms with Crippen molar-refractivity contribution in [1.29, 1.82) is 0 Å². The lowest BCUT2D eigenvalue weighted by molar-refractivity contribution is -0.280. The molecule has 36 heavy (non-hydrogen) atoms. The van der Waals surface area contributed by atoms with Crippen LogP contribution >= 0.6 is 0 Å². The minimum absolute atomic E-state index is 0.105. The smallest absolute Gasteiger partial charge is 0.249 e. The Kier molecular flexibility index (Phi) is 10.8. The predicted molar refractivity (Wildman–Crippen MR) is 123 cm³/mol. The SMILES string of the molecule is NCCC(O)C(=O)NC1CC(N)CC(OC2OC(CO)C(OC3OC(CN)C(O)C(O)C3N)C2O)C1. The van der Waals surface area contributed by atoms with Crippen LogP contribution in [-0.4, -0.2) is 131 Å². The normalized spacial score (nSPS) is 44.4. The van der Waals surface area contributed by atoms with Gasteiger partial charge in [0.25, 0.3) is 0 Å². The quantitative estimate of drug-likeness (QED) is 0.128. The average molecular weight is 524 g/mol. The van der Waals surface area contributed by atoms with Crippen LogP contribution in [0.2, 0.25) is 0 Å². The number of carbonyl (C=O) groups excluding carboxylic acids is 1. The Hall–Kier alpha value is -1.05. The third-order valence-corrected chi connectivity index (χ3v) is 6.86. The van der Waals surface area contributed by atoms with E-state index in [1.807, 2.05) is 0 Å². The molecule has 15 nitrogen and oxygen atoms in total. The highest BCUT2D eigenvalue weighted by Crippen LogP contribution is 2.32. The van der Waals surface area contributed by atoms with E-state index in [2.05, 4.69) is 5.32 Å². The van der Waals surface area contributed by atoms with Crippen molar-refractivity contribution in [2.75, 3.05) is 19.7 Å². The van der Waals surface area contributed by atoms with E-state index in [1.165, 1.54) is 0 Å². The van der Waals surface area contributed by atoms with E-state index in [0.717, 1.165) is 0 Å². The molecule has 0 aromatic carbocycles. The molecule has 2 heterocycles. The summed E-state index contributed by atoms with van der Waals surface area (Å²) < 4.78 is 23.0. The molecule has 0 bridgehead atoms. The number of hydrogen-bond acceptors (Lipinski definition) is 14. The lowest BCUT2D eigenvalue weighted by Gasteiger charge is -2.42. The highest BCUT2D eigenvalue weighted by atomic mass is 16.7. The molecule has 13 atom stereocenters. The second kappa shape index (κ2) is 13.1. The molecule has 0 aromatic heterocycles. The molecule has 1 aliphatic carbocycles. The average Bonchev–Trinajstić information content (AvgIpc) is 3.13. The van der Waals surface area contributed by atoms with E-state index in [1.54, 1.807) is 0 Å². The number of hydrogen-bond donors (Lipinski definition) is 10. The van der Waals surface area contributed by atoms with Gasteiger partial charge in [-0.15, -0.1) is 0 Å². The third-order valence-electron chi connectivity index (χ3n) is 6.86. The lowest BCUT2D eigenvalue weighted by Crippen LogP contribution is -2.64. The molecule has 15 heteroatoms. The Bertz CT molecular complexity index is 708. The van der Waals surface area contributed by atoms with Crippen LogP contribution in [0.5, 0.6) is 0 Å². The molecule has 13 unspecified atom stereocenters. The maximum absolute atomic E-state index is 12.2. The Morgan fingerprint density at radius 3 is 2.31 bits per heavy atom. The zero-order valence-corrected chi connectivity index (χ0v) is 20.0. The fourth-order valence-electron chi connectivity index (χ4n) is 4.87. The first kappa shape index (κ1) is 29.5. The van der Waals surface area contributed by atoms with Gasteiger partial charge in [-0.05, 0) is 32.2 Å². The van der Waals surface area contributed by atoms with Crippen molar-refractivity contribution in [3.8, 4) is 0 Å². The maximum atomic E-state index is 12.2. The summed E-state index contributed by atoms with van der Waals surface area (Å²) in [5, 5.41) is 53.5. The lowest BCUT2D eigenvalue weighted by atomic mass is 9.89. The van der Waals surface area contributed by atoms with Crippen molar-refractivity contribution in [2.45, 2.75) is 105 Å². The molecule has 2 saturated heterocycles. The molecule has 0 aromatic rings. The topological polar surface area (TPSA) is 271 Å². The summed E-state index contributed by atoms with van der Waals surface area (Å²) in [5.41, 5.74) is 23.0. The Morgan fingerprint density at radius 2 is 1.67 bits per heavy atom. The van der Waals surface area contributed by atoms with Gasteiger partial charge in [-0.3, -0.25) is 4.79 Å². The first-order chi connectivity index (χ1) is 17.1. The van der Waals surface area contributed by atoms with E-state index in [0.29, 0.717) is 19.3 Å². The summed E-state index contributed by atoms with van der Waals surface area (Å²) in [4.78, 5) is 12.2. The van der Waals surface area contributed by atoms with E-state index >= 15 is 0 Å². The van der Waals surface area contributed by atoms with Crippen LogP contribution < -0.4 is 28.3 Å². The molecule has 1 saturated carbocycles. The molecule has 0 radical (unpaired) electrons. The minimum Gasteiger partial charge on any atom is -0.394 e. The number of aliphatic hydroxyl groups excluding tert-OH is 5. The summed E-state index contributed by atoms with van der Waals surface area (Å²) in [7, 11) is 0. The van der Waals surface area contributed by atoms with Crippen molar-refractivity contribution < 1.29 is 49.3 Å². The number of nitrogens with one attached hydrogen (secondary N) is 1. The highest BCUT2D eigenvalue weighted by Gasteiger charge is 2.50. The van der Waals surface area contributed by atoms with E-state index < -0.39 is 80.0 Å². The van der Waals surface area contributed by atoms with Crippen LogP contribution in [0, 0.1) is 0 Å². The molecule has 14 N–H and O–H groups in total. The summed E-state index contributed by atoms with van der Waals surface area (Å²) >= 11 is 0. The number of aliphatic hydroxyl groups is 5. The standard InChI is InChI=1S/C21H41N5O10/c22-2-1-11(28)19(32)26-9-3-8(24)4-10(5-9)33-21-17(31)18(13(7-27)35-21)36-20-14(25)16(30)15(29)12(6-23)34-20/h8-18,20-21,27-31H,1-7,22-25H2,(H,26,32). The van der Waals surface area contributed by atoms with Gasteiger partial charge in [-0.1, -0.05) is 0 Å². The first-order valence-corrected chi connectivity index (χ1v) is 12.3. The summed E-state index contributed by atoms with van der Waals surface area (Å²) in [6, 6.07) is -1.83.